The van der Waals surface area contributed by atoms with E-state index in [4.69, 9.17) is 11.6 Å². The number of pyridine rings is 1. The summed E-state index contributed by atoms with van der Waals surface area (Å²) in [4.78, 5) is 4.18. The average molecular weight is 237 g/mol. The maximum Gasteiger partial charge on any atom is 0.131 e. The Morgan fingerprint density at radius 2 is 2.19 bits per heavy atom. The molecule has 5 heteroatoms. The van der Waals surface area contributed by atoms with Crippen molar-refractivity contribution in [3.63, 3.8) is 0 Å². The first kappa shape index (κ1) is 11.0. The van der Waals surface area contributed by atoms with Crippen molar-refractivity contribution in [1.29, 1.82) is 0 Å². The number of nitrogens with one attached hydrogen (secondary N) is 1. The van der Waals surface area contributed by atoms with Gasteiger partial charge >= 0.3 is 0 Å². The molecule has 2 aromatic rings. The molecule has 0 amide bonds. The molecular formula is C11H13ClN4. The summed E-state index contributed by atoms with van der Waals surface area (Å²) >= 11 is 5.82. The van der Waals surface area contributed by atoms with Crippen molar-refractivity contribution in [2.75, 3.05) is 5.32 Å². The van der Waals surface area contributed by atoms with E-state index in [-0.39, 0.29) is 6.04 Å². The molecule has 16 heavy (non-hydrogen) atoms. The Labute approximate surface area is 99.3 Å². The summed E-state index contributed by atoms with van der Waals surface area (Å²) in [6, 6.07) is 7.62. The van der Waals surface area contributed by atoms with Crippen molar-refractivity contribution in [3.05, 3.63) is 41.3 Å². The van der Waals surface area contributed by atoms with Crippen LogP contribution in [0.15, 0.2) is 30.5 Å². The lowest BCUT2D eigenvalue weighted by molar-refractivity contribution is 0.674. The van der Waals surface area contributed by atoms with Gasteiger partial charge in [0.05, 0.1) is 11.7 Å². The zero-order valence-corrected chi connectivity index (χ0v) is 9.94. The average Bonchev–Trinajstić information content (AvgIpc) is 2.64. The third kappa shape index (κ3) is 2.33. The highest BCUT2D eigenvalue weighted by atomic mass is 35.5. The Morgan fingerprint density at radius 1 is 1.38 bits per heavy atom. The lowest BCUT2D eigenvalue weighted by atomic mass is 10.2. The van der Waals surface area contributed by atoms with Crippen molar-refractivity contribution in [3.8, 4) is 0 Å². The van der Waals surface area contributed by atoms with Gasteiger partial charge in [-0.25, -0.2) is 4.98 Å². The number of aromatic nitrogens is 3. The first-order valence-corrected chi connectivity index (χ1v) is 5.41. The minimum atomic E-state index is 0.137. The summed E-state index contributed by atoms with van der Waals surface area (Å²) in [6.07, 6.45) is 1.78. The van der Waals surface area contributed by atoms with Crippen molar-refractivity contribution in [2.45, 2.75) is 13.0 Å². The van der Waals surface area contributed by atoms with Gasteiger partial charge < -0.3 is 5.32 Å². The number of aryl methyl sites for hydroxylation is 1. The predicted molar refractivity (Wildman–Crippen MR) is 64.5 cm³/mol. The van der Waals surface area contributed by atoms with Crippen LogP contribution in [-0.4, -0.2) is 14.8 Å². The quantitative estimate of drug-likeness (QED) is 0.834. The summed E-state index contributed by atoms with van der Waals surface area (Å²) in [5.41, 5.74) is 1.10. The molecule has 0 spiro atoms. The number of anilines is 1. The standard InChI is InChI=1S/C11H13ClN4/c1-8(9-6-7-13-16(9)2)14-11-5-3-4-10(12)15-11/h3-8H,1-2H3,(H,14,15). The van der Waals surface area contributed by atoms with E-state index >= 15 is 0 Å². The topological polar surface area (TPSA) is 42.7 Å². The molecule has 0 fully saturated rings. The molecule has 2 aromatic heterocycles. The summed E-state index contributed by atoms with van der Waals surface area (Å²) in [5.74, 6) is 0.765. The summed E-state index contributed by atoms with van der Waals surface area (Å²) < 4.78 is 1.84. The molecule has 4 nitrogen and oxygen atoms in total. The Morgan fingerprint density at radius 3 is 2.81 bits per heavy atom. The molecule has 84 valence electrons. The van der Waals surface area contributed by atoms with Gasteiger partial charge in [0, 0.05) is 13.2 Å². The van der Waals surface area contributed by atoms with Gasteiger partial charge in [-0.05, 0) is 25.1 Å². The smallest absolute Gasteiger partial charge is 0.131 e. The Balaban J connectivity index is 2.14. The SMILES string of the molecule is CC(Nc1cccc(Cl)n1)c1ccnn1C. The molecule has 0 aliphatic rings. The fraction of sp³-hybridized carbons (Fsp3) is 0.273. The van der Waals surface area contributed by atoms with Crippen molar-refractivity contribution in [1.82, 2.24) is 14.8 Å². The molecule has 2 heterocycles. The fourth-order valence-electron chi connectivity index (χ4n) is 1.59. The number of hydrogen-bond acceptors (Lipinski definition) is 3. The molecule has 1 N–H and O–H groups in total. The summed E-state index contributed by atoms with van der Waals surface area (Å²) in [6.45, 7) is 2.06. The van der Waals surface area contributed by atoms with Gasteiger partial charge in [-0.2, -0.15) is 5.10 Å². The summed E-state index contributed by atoms with van der Waals surface area (Å²) in [7, 11) is 1.92. The Kier molecular flexibility index (Phi) is 3.10. The van der Waals surface area contributed by atoms with E-state index in [2.05, 4.69) is 22.3 Å². The van der Waals surface area contributed by atoms with Crippen LogP contribution in [0.5, 0.6) is 0 Å². The fourth-order valence-corrected chi connectivity index (χ4v) is 1.76. The zero-order chi connectivity index (χ0) is 11.5. The molecule has 0 saturated carbocycles. The number of nitrogens with zero attached hydrogens (tertiary/aromatic N) is 3. The highest BCUT2D eigenvalue weighted by Crippen LogP contribution is 2.17. The van der Waals surface area contributed by atoms with E-state index in [0.717, 1.165) is 11.5 Å². The second-order valence-electron chi connectivity index (χ2n) is 3.59. The largest absolute Gasteiger partial charge is 0.362 e. The minimum Gasteiger partial charge on any atom is -0.362 e. The molecule has 0 radical (unpaired) electrons. The van der Waals surface area contributed by atoms with Gasteiger partial charge in [-0.1, -0.05) is 17.7 Å². The molecule has 0 saturated heterocycles. The molecule has 1 unspecified atom stereocenters. The van der Waals surface area contributed by atoms with Crippen molar-refractivity contribution in [2.24, 2.45) is 7.05 Å². The van der Waals surface area contributed by atoms with Gasteiger partial charge in [0.25, 0.3) is 0 Å². The lowest BCUT2D eigenvalue weighted by Gasteiger charge is -2.14. The highest BCUT2D eigenvalue weighted by Gasteiger charge is 2.09. The molecular weight excluding hydrogens is 224 g/mol. The monoisotopic (exact) mass is 236 g/mol. The van der Waals surface area contributed by atoms with Gasteiger partial charge in [-0.15, -0.1) is 0 Å². The van der Waals surface area contributed by atoms with Crippen LogP contribution in [0.1, 0.15) is 18.7 Å². The molecule has 0 aliphatic heterocycles. The van der Waals surface area contributed by atoms with Gasteiger partial charge in [0.15, 0.2) is 0 Å². The van der Waals surface area contributed by atoms with E-state index in [1.165, 1.54) is 0 Å². The molecule has 0 bridgehead atoms. The van der Waals surface area contributed by atoms with Gasteiger partial charge in [0.1, 0.15) is 11.0 Å². The van der Waals surface area contributed by atoms with E-state index in [0.29, 0.717) is 5.15 Å². The van der Waals surface area contributed by atoms with Crippen LogP contribution in [-0.2, 0) is 7.05 Å². The number of halogens is 1. The number of rotatable bonds is 3. The van der Waals surface area contributed by atoms with Crippen molar-refractivity contribution < 1.29 is 0 Å². The molecule has 1 atom stereocenters. The van der Waals surface area contributed by atoms with Gasteiger partial charge in [0.2, 0.25) is 0 Å². The molecule has 2 rings (SSSR count). The van der Waals surface area contributed by atoms with E-state index in [9.17, 15) is 0 Å². The van der Waals surface area contributed by atoms with Crippen molar-refractivity contribution >= 4 is 17.4 Å². The first-order chi connectivity index (χ1) is 7.66. The maximum absolute atomic E-state index is 5.82. The second kappa shape index (κ2) is 4.53. The zero-order valence-electron chi connectivity index (χ0n) is 9.18. The summed E-state index contributed by atoms with van der Waals surface area (Å²) in [5, 5.41) is 7.88. The third-order valence-electron chi connectivity index (χ3n) is 2.38. The normalized spacial score (nSPS) is 12.4. The third-order valence-corrected chi connectivity index (χ3v) is 2.59. The van der Waals surface area contributed by atoms with Crippen LogP contribution in [0.2, 0.25) is 5.15 Å². The van der Waals surface area contributed by atoms with E-state index in [1.807, 2.05) is 29.9 Å². The Hall–Kier alpha value is -1.55. The molecule has 0 aromatic carbocycles. The van der Waals surface area contributed by atoms with E-state index < -0.39 is 0 Å². The van der Waals surface area contributed by atoms with Crippen LogP contribution in [0.4, 0.5) is 5.82 Å². The minimum absolute atomic E-state index is 0.137. The van der Waals surface area contributed by atoms with Crippen LogP contribution in [0.25, 0.3) is 0 Å². The van der Waals surface area contributed by atoms with E-state index in [1.54, 1.807) is 12.3 Å². The van der Waals surface area contributed by atoms with Crippen LogP contribution in [0, 0.1) is 0 Å². The van der Waals surface area contributed by atoms with Gasteiger partial charge in [-0.3, -0.25) is 4.68 Å². The highest BCUT2D eigenvalue weighted by molar-refractivity contribution is 6.29. The van der Waals surface area contributed by atoms with Crippen LogP contribution in [0.3, 0.4) is 0 Å². The first-order valence-electron chi connectivity index (χ1n) is 5.04. The Bertz CT molecular complexity index is 480. The predicted octanol–water partition coefficient (Wildman–Crippen LogP) is 2.64. The lowest BCUT2D eigenvalue weighted by Crippen LogP contribution is -2.12. The second-order valence-corrected chi connectivity index (χ2v) is 3.98. The van der Waals surface area contributed by atoms with Crippen LogP contribution < -0.4 is 5.32 Å². The van der Waals surface area contributed by atoms with Crippen LogP contribution >= 0.6 is 11.6 Å². The number of hydrogen-bond donors (Lipinski definition) is 1. The maximum atomic E-state index is 5.82. The molecule has 0 aliphatic carbocycles.